The van der Waals surface area contributed by atoms with E-state index >= 15 is 0 Å². The molecule has 0 saturated heterocycles. The minimum atomic E-state index is -3.58. The number of hydrogen-bond donors (Lipinski definition) is 1. The van der Waals surface area contributed by atoms with Crippen molar-refractivity contribution in [2.24, 2.45) is 5.73 Å². The summed E-state index contributed by atoms with van der Waals surface area (Å²) < 4.78 is 34.6. The lowest BCUT2D eigenvalue weighted by molar-refractivity contribution is -0.287. The molecule has 0 aromatic heterocycles. The van der Waals surface area contributed by atoms with Gasteiger partial charge in [-0.1, -0.05) is 25.5 Å². The first-order valence-electron chi connectivity index (χ1n) is 5.18. The van der Waals surface area contributed by atoms with E-state index in [-0.39, 0.29) is 17.5 Å². The van der Waals surface area contributed by atoms with Crippen LogP contribution in [0.2, 0.25) is 0 Å². The Bertz CT molecular complexity index is 396. The van der Waals surface area contributed by atoms with Gasteiger partial charge in [-0.3, -0.25) is 0 Å². The minimum Gasteiger partial charge on any atom is -0.395 e. The Hall–Kier alpha value is -1.36. The van der Waals surface area contributed by atoms with Gasteiger partial charge in [0.05, 0.1) is 0 Å². The maximum atomic E-state index is 12.9. The standard InChI is InChI=1S/C11H13F2NO2/c1-2-4-8(14)7-5-3-6-9-10(7)16-11(12,13)15-9/h3,5-6,8H,2,4,14H2,1H3/t8-/m0/s1. The summed E-state index contributed by atoms with van der Waals surface area (Å²) in [7, 11) is 0. The summed E-state index contributed by atoms with van der Waals surface area (Å²) in [5.74, 6) is 0.113. The maximum absolute atomic E-state index is 12.9. The second kappa shape index (κ2) is 3.90. The molecule has 2 N–H and O–H groups in total. The van der Waals surface area contributed by atoms with Gasteiger partial charge < -0.3 is 15.2 Å². The van der Waals surface area contributed by atoms with Crippen LogP contribution in [0.4, 0.5) is 8.78 Å². The highest BCUT2D eigenvalue weighted by atomic mass is 19.3. The second-order valence-electron chi connectivity index (χ2n) is 3.74. The van der Waals surface area contributed by atoms with Gasteiger partial charge in [-0.15, -0.1) is 8.78 Å². The Morgan fingerprint density at radius 1 is 1.38 bits per heavy atom. The molecule has 0 amide bonds. The Kier molecular flexibility index (Phi) is 2.71. The van der Waals surface area contributed by atoms with Crippen molar-refractivity contribution in [3.8, 4) is 11.5 Å². The van der Waals surface area contributed by atoms with Crippen LogP contribution < -0.4 is 15.2 Å². The van der Waals surface area contributed by atoms with E-state index in [1.165, 1.54) is 6.07 Å². The van der Waals surface area contributed by atoms with E-state index in [0.717, 1.165) is 6.42 Å². The van der Waals surface area contributed by atoms with Gasteiger partial charge in [-0.25, -0.2) is 0 Å². The number of rotatable bonds is 3. The molecule has 1 aliphatic heterocycles. The maximum Gasteiger partial charge on any atom is 0.586 e. The highest BCUT2D eigenvalue weighted by molar-refractivity contribution is 5.50. The molecule has 1 aromatic rings. The number of fused-ring (bicyclic) bond motifs is 1. The third kappa shape index (κ3) is 1.95. The molecule has 0 bridgehead atoms. The molecule has 88 valence electrons. The van der Waals surface area contributed by atoms with Gasteiger partial charge >= 0.3 is 6.29 Å². The zero-order chi connectivity index (χ0) is 11.8. The summed E-state index contributed by atoms with van der Waals surface area (Å²) in [4.78, 5) is 0. The van der Waals surface area contributed by atoms with Crippen LogP contribution in [0.15, 0.2) is 18.2 Å². The van der Waals surface area contributed by atoms with Crippen LogP contribution in [0.1, 0.15) is 31.4 Å². The van der Waals surface area contributed by atoms with Crippen molar-refractivity contribution in [3.05, 3.63) is 23.8 Å². The summed E-state index contributed by atoms with van der Waals surface area (Å²) in [6.45, 7) is 1.98. The van der Waals surface area contributed by atoms with E-state index in [1.807, 2.05) is 6.92 Å². The zero-order valence-corrected chi connectivity index (χ0v) is 8.87. The summed E-state index contributed by atoms with van der Waals surface area (Å²) in [5, 5.41) is 0. The van der Waals surface area contributed by atoms with Crippen LogP contribution in [-0.2, 0) is 0 Å². The number of ether oxygens (including phenoxy) is 2. The van der Waals surface area contributed by atoms with E-state index in [9.17, 15) is 8.78 Å². The lowest BCUT2D eigenvalue weighted by Gasteiger charge is -2.13. The van der Waals surface area contributed by atoms with E-state index < -0.39 is 6.29 Å². The molecule has 3 nitrogen and oxygen atoms in total. The molecule has 1 heterocycles. The van der Waals surface area contributed by atoms with Crippen LogP contribution in [-0.4, -0.2) is 6.29 Å². The predicted molar refractivity (Wildman–Crippen MR) is 54.5 cm³/mol. The van der Waals surface area contributed by atoms with Gasteiger partial charge in [0.1, 0.15) is 0 Å². The molecule has 0 fully saturated rings. The molecule has 0 aliphatic carbocycles. The number of alkyl halides is 2. The minimum absolute atomic E-state index is 0.0500. The summed E-state index contributed by atoms with van der Waals surface area (Å²) >= 11 is 0. The first kappa shape index (κ1) is 11.1. The smallest absolute Gasteiger partial charge is 0.395 e. The topological polar surface area (TPSA) is 44.5 Å². The average molecular weight is 229 g/mol. The predicted octanol–water partition coefficient (Wildman–Crippen LogP) is 2.81. The van der Waals surface area contributed by atoms with Gasteiger partial charge in [-0.05, 0) is 12.5 Å². The third-order valence-electron chi connectivity index (χ3n) is 2.46. The van der Waals surface area contributed by atoms with Crippen molar-refractivity contribution in [2.45, 2.75) is 32.1 Å². The molecule has 0 radical (unpaired) electrons. The van der Waals surface area contributed by atoms with Gasteiger partial charge in [-0.2, -0.15) is 0 Å². The molecule has 16 heavy (non-hydrogen) atoms. The number of nitrogens with two attached hydrogens (primary N) is 1. The van der Waals surface area contributed by atoms with Gasteiger partial charge in [0.15, 0.2) is 11.5 Å². The quantitative estimate of drug-likeness (QED) is 0.866. The van der Waals surface area contributed by atoms with Crippen molar-refractivity contribution in [1.29, 1.82) is 0 Å². The fourth-order valence-corrected chi connectivity index (χ4v) is 1.75. The molecule has 1 aliphatic rings. The summed E-state index contributed by atoms with van der Waals surface area (Å²) in [5.41, 5.74) is 6.45. The SMILES string of the molecule is CCC[C@H](N)c1cccc2c1OC(F)(F)O2. The first-order valence-corrected chi connectivity index (χ1v) is 5.18. The van der Waals surface area contributed by atoms with Crippen LogP contribution in [0, 0.1) is 0 Å². The monoisotopic (exact) mass is 229 g/mol. The van der Waals surface area contributed by atoms with Crippen molar-refractivity contribution in [2.75, 3.05) is 0 Å². The highest BCUT2D eigenvalue weighted by Crippen LogP contribution is 2.45. The number of para-hydroxylation sites is 1. The highest BCUT2D eigenvalue weighted by Gasteiger charge is 2.44. The molecule has 1 aromatic carbocycles. The molecular weight excluding hydrogens is 216 g/mol. The molecule has 0 unspecified atom stereocenters. The fraction of sp³-hybridized carbons (Fsp3) is 0.455. The lowest BCUT2D eigenvalue weighted by atomic mass is 10.0. The summed E-state index contributed by atoms with van der Waals surface area (Å²) in [6, 6.07) is 4.45. The molecule has 0 saturated carbocycles. The van der Waals surface area contributed by atoms with Crippen molar-refractivity contribution >= 4 is 0 Å². The lowest BCUT2D eigenvalue weighted by Crippen LogP contribution is -2.26. The molecular formula is C11H13F2NO2. The van der Waals surface area contributed by atoms with E-state index in [0.29, 0.717) is 12.0 Å². The molecule has 1 atom stereocenters. The first-order chi connectivity index (χ1) is 7.53. The zero-order valence-electron chi connectivity index (χ0n) is 8.87. The van der Waals surface area contributed by atoms with Crippen LogP contribution in [0.3, 0.4) is 0 Å². The average Bonchev–Trinajstić information content (AvgIpc) is 2.51. The van der Waals surface area contributed by atoms with Crippen molar-refractivity contribution in [3.63, 3.8) is 0 Å². The Labute approximate surface area is 92.1 Å². The van der Waals surface area contributed by atoms with E-state index in [2.05, 4.69) is 9.47 Å². The molecule has 5 heteroatoms. The number of benzene rings is 1. The van der Waals surface area contributed by atoms with E-state index in [1.54, 1.807) is 12.1 Å². The van der Waals surface area contributed by atoms with E-state index in [4.69, 9.17) is 5.73 Å². The van der Waals surface area contributed by atoms with Crippen LogP contribution in [0.5, 0.6) is 11.5 Å². The second-order valence-corrected chi connectivity index (χ2v) is 3.74. The molecule has 0 spiro atoms. The normalized spacial score (nSPS) is 18.5. The Morgan fingerprint density at radius 3 is 2.81 bits per heavy atom. The number of halogens is 2. The number of hydrogen-bond acceptors (Lipinski definition) is 3. The largest absolute Gasteiger partial charge is 0.586 e. The van der Waals surface area contributed by atoms with Gasteiger partial charge in [0.25, 0.3) is 0 Å². The Morgan fingerprint density at radius 2 is 2.12 bits per heavy atom. The molecule has 2 rings (SSSR count). The van der Waals surface area contributed by atoms with Crippen molar-refractivity contribution in [1.82, 2.24) is 0 Å². The third-order valence-corrected chi connectivity index (χ3v) is 2.46. The van der Waals surface area contributed by atoms with Crippen LogP contribution in [0.25, 0.3) is 0 Å². The Balaban J connectivity index is 2.33. The van der Waals surface area contributed by atoms with Gasteiger partial charge in [0, 0.05) is 11.6 Å². The van der Waals surface area contributed by atoms with Crippen LogP contribution >= 0.6 is 0 Å². The van der Waals surface area contributed by atoms with Gasteiger partial charge in [0.2, 0.25) is 0 Å². The van der Waals surface area contributed by atoms with Crippen molar-refractivity contribution < 1.29 is 18.3 Å². The summed E-state index contributed by atoms with van der Waals surface area (Å²) in [6.07, 6.45) is -1.99. The fourth-order valence-electron chi connectivity index (χ4n) is 1.75.